The summed E-state index contributed by atoms with van der Waals surface area (Å²) >= 11 is 1.62. The second-order valence-electron chi connectivity index (χ2n) is 4.26. The van der Waals surface area contributed by atoms with Crippen molar-refractivity contribution < 1.29 is 4.79 Å². The van der Waals surface area contributed by atoms with Gasteiger partial charge in [0.25, 0.3) is 5.91 Å². The first-order chi connectivity index (χ1) is 8.24. The lowest BCUT2D eigenvalue weighted by Crippen LogP contribution is -2.38. The van der Waals surface area contributed by atoms with Gasteiger partial charge in [-0.1, -0.05) is 12.1 Å². The molecule has 2 rings (SSSR count). The lowest BCUT2D eigenvalue weighted by atomic mass is 10.1. The minimum absolute atomic E-state index is 0. The molecule has 1 fully saturated rings. The molecule has 0 radical (unpaired) electrons. The summed E-state index contributed by atoms with van der Waals surface area (Å²) in [5.41, 5.74) is 0.814. The predicted molar refractivity (Wildman–Crippen MR) is 78.8 cm³/mol. The molecule has 1 amide bonds. The van der Waals surface area contributed by atoms with Crippen LogP contribution >= 0.6 is 24.2 Å². The van der Waals surface area contributed by atoms with Gasteiger partial charge in [0, 0.05) is 24.5 Å². The van der Waals surface area contributed by atoms with Crippen LogP contribution in [-0.4, -0.2) is 43.2 Å². The van der Waals surface area contributed by atoms with E-state index in [4.69, 9.17) is 0 Å². The van der Waals surface area contributed by atoms with Crippen molar-refractivity contribution in [3.63, 3.8) is 0 Å². The van der Waals surface area contributed by atoms with E-state index in [1.807, 2.05) is 42.5 Å². The van der Waals surface area contributed by atoms with Crippen LogP contribution < -0.4 is 5.32 Å². The number of nitrogens with zero attached hydrogens (tertiary/aromatic N) is 1. The Hall–Kier alpha value is -0.710. The molecular formula is C13H19ClN2OS. The Kier molecular flexibility index (Phi) is 5.99. The van der Waals surface area contributed by atoms with Gasteiger partial charge in [-0.15, -0.1) is 24.2 Å². The molecule has 1 atom stereocenters. The molecule has 1 aliphatic rings. The number of nitrogens with one attached hydrogen (secondary N) is 1. The Bertz CT molecular complexity index is 408. The molecule has 0 saturated carbocycles. The number of halogens is 1. The van der Waals surface area contributed by atoms with Crippen LogP contribution in [0.3, 0.4) is 0 Å². The van der Waals surface area contributed by atoms with Crippen molar-refractivity contribution in [1.29, 1.82) is 0 Å². The van der Waals surface area contributed by atoms with Crippen molar-refractivity contribution in [1.82, 2.24) is 10.2 Å². The van der Waals surface area contributed by atoms with Crippen LogP contribution in [-0.2, 0) is 0 Å². The molecular weight excluding hydrogens is 268 g/mol. The van der Waals surface area contributed by atoms with E-state index in [1.165, 1.54) is 0 Å². The Morgan fingerprint density at radius 2 is 2.17 bits per heavy atom. The van der Waals surface area contributed by atoms with Gasteiger partial charge >= 0.3 is 0 Å². The second kappa shape index (κ2) is 7.02. The first-order valence-electron chi connectivity index (χ1n) is 5.85. The van der Waals surface area contributed by atoms with E-state index >= 15 is 0 Å². The molecule has 1 heterocycles. The molecule has 0 spiro atoms. The highest BCUT2D eigenvalue weighted by Crippen LogP contribution is 2.22. The van der Waals surface area contributed by atoms with Gasteiger partial charge in [0.1, 0.15) is 0 Å². The maximum absolute atomic E-state index is 12.4. The number of rotatable bonds is 3. The molecule has 1 saturated heterocycles. The monoisotopic (exact) mass is 286 g/mol. The minimum Gasteiger partial charge on any atom is -0.337 e. The van der Waals surface area contributed by atoms with Crippen molar-refractivity contribution in [2.45, 2.75) is 17.4 Å². The predicted octanol–water partition coefficient (Wildman–Crippen LogP) is 2.26. The van der Waals surface area contributed by atoms with E-state index in [0.29, 0.717) is 6.04 Å². The van der Waals surface area contributed by atoms with Gasteiger partial charge in [-0.2, -0.15) is 0 Å². The highest BCUT2D eigenvalue weighted by atomic mass is 35.5. The molecule has 3 nitrogen and oxygen atoms in total. The number of amides is 1. The maximum Gasteiger partial charge on any atom is 0.255 e. The summed E-state index contributed by atoms with van der Waals surface area (Å²) in [6.07, 6.45) is 3.05. The number of carbonyl (C=O) groups excluding carboxylic acids is 1. The van der Waals surface area contributed by atoms with Gasteiger partial charge in [0.15, 0.2) is 0 Å². The van der Waals surface area contributed by atoms with Crippen LogP contribution in [0.15, 0.2) is 29.2 Å². The number of hydrogen-bond acceptors (Lipinski definition) is 3. The van der Waals surface area contributed by atoms with Gasteiger partial charge in [0.05, 0.1) is 5.56 Å². The number of benzene rings is 1. The van der Waals surface area contributed by atoms with E-state index < -0.39 is 0 Å². The van der Waals surface area contributed by atoms with Crippen molar-refractivity contribution >= 4 is 30.1 Å². The Morgan fingerprint density at radius 1 is 1.44 bits per heavy atom. The SMILES string of the molecule is CSc1ccccc1C(=O)N(C)C1CCNC1.Cl. The van der Waals surface area contributed by atoms with Gasteiger partial charge in [0.2, 0.25) is 0 Å². The first kappa shape index (κ1) is 15.3. The molecule has 100 valence electrons. The van der Waals surface area contributed by atoms with Gasteiger partial charge in [-0.3, -0.25) is 4.79 Å². The molecule has 0 aromatic heterocycles. The highest BCUT2D eigenvalue weighted by Gasteiger charge is 2.24. The number of carbonyl (C=O) groups is 1. The van der Waals surface area contributed by atoms with Gasteiger partial charge < -0.3 is 10.2 Å². The van der Waals surface area contributed by atoms with Crippen molar-refractivity contribution in [2.24, 2.45) is 0 Å². The summed E-state index contributed by atoms with van der Waals surface area (Å²) in [4.78, 5) is 15.3. The first-order valence-corrected chi connectivity index (χ1v) is 7.07. The normalized spacial score (nSPS) is 18.2. The fourth-order valence-corrected chi connectivity index (χ4v) is 2.74. The van der Waals surface area contributed by atoms with Crippen LogP contribution in [0.5, 0.6) is 0 Å². The zero-order valence-corrected chi connectivity index (χ0v) is 12.3. The van der Waals surface area contributed by atoms with E-state index in [0.717, 1.165) is 30.0 Å². The molecule has 0 aliphatic carbocycles. The van der Waals surface area contributed by atoms with Crippen LogP contribution in [0, 0.1) is 0 Å². The van der Waals surface area contributed by atoms with Crippen molar-refractivity contribution in [3.05, 3.63) is 29.8 Å². The van der Waals surface area contributed by atoms with Gasteiger partial charge in [-0.05, 0) is 31.4 Å². The molecule has 5 heteroatoms. The second-order valence-corrected chi connectivity index (χ2v) is 5.11. The molecule has 1 N–H and O–H groups in total. The smallest absolute Gasteiger partial charge is 0.255 e. The Labute approximate surface area is 119 Å². The van der Waals surface area contributed by atoms with Gasteiger partial charge in [-0.25, -0.2) is 0 Å². The van der Waals surface area contributed by atoms with E-state index in [2.05, 4.69) is 5.32 Å². The number of thioether (sulfide) groups is 1. The number of hydrogen-bond donors (Lipinski definition) is 1. The number of likely N-dealkylation sites (N-methyl/N-ethyl adjacent to an activating group) is 1. The van der Waals surface area contributed by atoms with E-state index in [1.54, 1.807) is 11.8 Å². The average Bonchev–Trinajstić information content (AvgIpc) is 2.90. The average molecular weight is 287 g/mol. The molecule has 1 aromatic carbocycles. The fourth-order valence-electron chi connectivity index (χ4n) is 2.15. The van der Waals surface area contributed by atoms with E-state index in [-0.39, 0.29) is 18.3 Å². The highest BCUT2D eigenvalue weighted by molar-refractivity contribution is 7.98. The van der Waals surface area contributed by atoms with E-state index in [9.17, 15) is 4.79 Å². The third-order valence-corrected chi connectivity index (χ3v) is 4.04. The molecule has 1 unspecified atom stereocenters. The summed E-state index contributed by atoms with van der Waals surface area (Å²) in [7, 11) is 1.90. The summed E-state index contributed by atoms with van der Waals surface area (Å²) < 4.78 is 0. The zero-order valence-electron chi connectivity index (χ0n) is 10.7. The van der Waals surface area contributed by atoms with Crippen LogP contribution in [0.25, 0.3) is 0 Å². The third kappa shape index (κ3) is 3.19. The topological polar surface area (TPSA) is 32.3 Å². The summed E-state index contributed by atoms with van der Waals surface area (Å²) in [5.74, 6) is 0.128. The van der Waals surface area contributed by atoms with Crippen molar-refractivity contribution in [3.8, 4) is 0 Å². The van der Waals surface area contributed by atoms with Crippen LogP contribution in [0.4, 0.5) is 0 Å². The molecule has 0 bridgehead atoms. The largest absolute Gasteiger partial charge is 0.337 e. The third-order valence-electron chi connectivity index (χ3n) is 3.24. The zero-order chi connectivity index (χ0) is 12.3. The molecule has 1 aliphatic heterocycles. The van der Waals surface area contributed by atoms with Crippen LogP contribution in [0.1, 0.15) is 16.8 Å². The minimum atomic E-state index is 0. The molecule has 1 aromatic rings. The standard InChI is InChI=1S/C13H18N2OS.ClH/c1-15(10-7-8-14-9-10)13(16)11-5-3-4-6-12(11)17-2;/h3-6,10,14H,7-9H2,1-2H3;1H. The summed E-state index contributed by atoms with van der Waals surface area (Å²) in [5, 5.41) is 3.29. The summed E-state index contributed by atoms with van der Waals surface area (Å²) in [6, 6.07) is 8.14. The quantitative estimate of drug-likeness (QED) is 0.865. The lowest BCUT2D eigenvalue weighted by molar-refractivity contribution is 0.0740. The molecule has 18 heavy (non-hydrogen) atoms. The fraction of sp³-hybridized carbons (Fsp3) is 0.462. The van der Waals surface area contributed by atoms with Crippen molar-refractivity contribution in [2.75, 3.05) is 26.4 Å². The Balaban J connectivity index is 0.00000162. The lowest BCUT2D eigenvalue weighted by Gasteiger charge is -2.24. The maximum atomic E-state index is 12.4. The Morgan fingerprint density at radius 3 is 2.78 bits per heavy atom. The van der Waals surface area contributed by atoms with Crippen LogP contribution in [0.2, 0.25) is 0 Å². The summed E-state index contributed by atoms with van der Waals surface area (Å²) in [6.45, 7) is 1.91.